The second-order valence-electron chi connectivity index (χ2n) is 7.12. The number of benzene rings is 2. The van der Waals surface area contributed by atoms with Crippen LogP contribution in [0.2, 0.25) is 0 Å². The molecular formula is C20H15F6NO4S. The van der Waals surface area contributed by atoms with Gasteiger partial charge in [-0.05, 0) is 36.8 Å². The molecule has 12 heteroatoms. The number of halogens is 6. The smallest absolute Gasteiger partial charge is 0.381 e. The van der Waals surface area contributed by atoms with Crippen molar-refractivity contribution in [1.82, 2.24) is 0 Å². The minimum absolute atomic E-state index is 0.323. The molecule has 0 radical (unpaired) electrons. The second-order valence-corrected chi connectivity index (χ2v) is 9.11. The Balaban J connectivity index is 2.32. The third kappa shape index (κ3) is 5.28. The molecule has 0 aliphatic rings. The second kappa shape index (κ2) is 8.55. The van der Waals surface area contributed by atoms with E-state index in [0.29, 0.717) is 12.1 Å². The van der Waals surface area contributed by atoms with Crippen molar-refractivity contribution in [3.05, 3.63) is 70.8 Å². The van der Waals surface area contributed by atoms with E-state index in [-0.39, 0.29) is 10.5 Å². The average molecular weight is 479 g/mol. The zero-order valence-electron chi connectivity index (χ0n) is 16.3. The number of aliphatic hydroxyl groups is 1. The Labute approximate surface area is 179 Å². The molecule has 0 saturated heterocycles. The Hall–Kier alpha value is -2.91. The van der Waals surface area contributed by atoms with Gasteiger partial charge in [0.1, 0.15) is 11.4 Å². The van der Waals surface area contributed by atoms with Gasteiger partial charge in [-0.2, -0.15) is 22.0 Å². The molecule has 1 N–H and O–H groups in total. The number of nitrogens with zero attached hydrogens (tertiary/aromatic N) is 1. The first-order valence-corrected chi connectivity index (χ1v) is 10.4. The van der Waals surface area contributed by atoms with E-state index in [1.807, 2.05) is 0 Å². The van der Waals surface area contributed by atoms with Gasteiger partial charge < -0.3 is 5.11 Å². The van der Waals surface area contributed by atoms with Crippen LogP contribution in [0.25, 0.3) is 4.85 Å². The molecule has 0 amide bonds. The van der Waals surface area contributed by atoms with E-state index in [9.17, 15) is 44.7 Å². The Bertz CT molecular complexity index is 1170. The molecule has 32 heavy (non-hydrogen) atoms. The molecule has 0 heterocycles. The molecule has 2 rings (SSSR count). The number of ketones is 1. The van der Waals surface area contributed by atoms with E-state index < -0.39 is 62.6 Å². The lowest BCUT2D eigenvalue weighted by Crippen LogP contribution is -2.43. The van der Waals surface area contributed by atoms with Gasteiger partial charge in [0.2, 0.25) is 0 Å². The van der Waals surface area contributed by atoms with Gasteiger partial charge in [0, 0.05) is 12.0 Å². The van der Waals surface area contributed by atoms with E-state index in [0.717, 1.165) is 37.3 Å². The lowest BCUT2D eigenvalue weighted by Gasteiger charge is -2.23. The Morgan fingerprint density at radius 1 is 1.06 bits per heavy atom. The van der Waals surface area contributed by atoms with Crippen molar-refractivity contribution in [2.75, 3.05) is 5.75 Å². The molecule has 0 aromatic heterocycles. The normalized spacial score (nSPS) is 14.5. The zero-order chi connectivity index (χ0) is 24.5. The van der Waals surface area contributed by atoms with Gasteiger partial charge >= 0.3 is 12.1 Å². The number of sulfone groups is 1. The van der Waals surface area contributed by atoms with E-state index in [1.165, 1.54) is 0 Å². The third-order valence-electron chi connectivity index (χ3n) is 4.48. The van der Waals surface area contributed by atoms with Gasteiger partial charge in [0.05, 0.1) is 17.2 Å². The molecule has 1 atom stereocenters. The van der Waals surface area contributed by atoms with Gasteiger partial charge in [-0.15, -0.1) is 0 Å². The summed E-state index contributed by atoms with van der Waals surface area (Å²) < 4.78 is 104. The minimum atomic E-state index is -6.00. The van der Waals surface area contributed by atoms with Crippen molar-refractivity contribution in [2.24, 2.45) is 0 Å². The number of alkyl halides is 5. The van der Waals surface area contributed by atoms with Crippen LogP contribution < -0.4 is 0 Å². The van der Waals surface area contributed by atoms with Gasteiger partial charge in [-0.3, -0.25) is 4.79 Å². The summed E-state index contributed by atoms with van der Waals surface area (Å²) in [6, 6.07) is 5.48. The maximum Gasteiger partial charge on any atom is 0.456 e. The first kappa shape index (κ1) is 25.4. The number of rotatable bonds is 7. The summed E-state index contributed by atoms with van der Waals surface area (Å²) in [7, 11) is -4.28. The lowest BCUT2D eigenvalue weighted by atomic mass is 9.94. The van der Waals surface area contributed by atoms with Crippen molar-refractivity contribution in [3.8, 4) is 0 Å². The largest absolute Gasteiger partial charge is 0.456 e. The van der Waals surface area contributed by atoms with Crippen LogP contribution in [-0.4, -0.2) is 36.8 Å². The van der Waals surface area contributed by atoms with E-state index in [2.05, 4.69) is 4.85 Å². The molecular weight excluding hydrogens is 464 g/mol. The molecule has 2 aromatic carbocycles. The highest BCUT2D eigenvalue weighted by atomic mass is 32.2. The maximum atomic E-state index is 13.8. The molecule has 0 aliphatic carbocycles. The van der Waals surface area contributed by atoms with Crippen molar-refractivity contribution >= 4 is 21.3 Å². The number of carbonyl (C=O) groups is 1. The molecule has 1 unspecified atom stereocenters. The molecule has 0 aliphatic heterocycles. The van der Waals surface area contributed by atoms with Crippen LogP contribution in [0.4, 0.5) is 32.0 Å². The lowest BCUT2D eigenvalue weighted by molar-refractivity contribution is -0.289. The molecule has 172 valence electrons. The first-order chi connectivity index (χ1) is 14.5. The van der Waals surface area contributed by atoms with Crippen LogP contribution in [0, 0.1) is 12.4 Å². The summed E-state index contributed by atoms with van der Waals surface area (Å²) in [5, 5.41) is 10.4. The molecule has 2 aromatic rings. The highest BCUT2D eigenvalue weighted by molar-refractivity contribution is 7.91. The van der Waals surface area contributed by atoms with Crippen LogP contribution in [-0.2, 0) is 27.0 Å². The Kier molecular flexibility index (Phi) is 6.78. The summed E-state index contributed by atoms with van der Waals surface area (Å²) in [6.07, 6.45) is -6.88. The SMILES string of the molecule is [C-]#[N+]c1ccc(CC(=O)C(C)(O)CS(=O)(=O)c2ccc(F)cc2)cc1C(F)(F)C(F)(F)F. The van der Waals surface area contributed by atoms with E-state index >= 15 is 0 Å². The molecule has 0 bridgehead atoms. The quantitative estimate of drug-likeness (QED) is 0.364. The summed E-state index contributed by atoms with van der Waals surface area (Å²) in [5.41, 5.74) is -5.57. The summed E-state index contributed by atoms with van der Waals surface area (Å²) in [6.45, 7) is 7.64. The standard InChI is InChI=1S/C20H15F6NO4S/c1-18(29,11-32(30,31)14-6-4-13(21)5-7-14)17(28)10-12-3-8-16(27-2)15(9-12)19(22,23)20(24,25)26/h3-9,29H,10-11H2,1H3. The molecule has 0 saturated carbocycles. The number of Topliss-reactive ketones (excluding diaryl/α,β-unsaturated/α-hetero) is 1. The average Bonchev–Trinajstić information content (AvgIpc) is 2.66. The van der Waals surface area contributed by atoms with Crippen LogP contribution >= 0.6 is 0 Å². The monoisotopic (exact) mass is 479 g/mol. The van der Waals surface area contributed by atoms with Gasteiger partial charge in [-0.25, -0.2) is 17.7 Å². The topological polar surface area (TPSA) is 75.8 Å². The fraction of sp³-hybridized carbons (Fsp3) is 0.300. The fourth-order valence-corrected chi connectivity index (χ4v) is 4.36. The van der Waals surface area contributed by atoms with Crippen molar-refractivity contribution in [1.29, 1.82) is 0 Å². The Morgan fingerprint density at radius 3 is 2.12 bits per heavy atom. The van der Waals surface area contributed by atoms with Crippen LogP contribution in [0.1, 0.15) is 18.1 Å². The Morgan fingerprint density at radius 2 is 1.62 bits per heavy atom. The molecule has 5 nitrogen and oxygen atoms in total. The van der Waals surface area contributed by atoms with Crippen molar-refractivity contribution < 1.29 is 44.7 Å². The maximum absolute atomic E-state index is 13.8. The number of hydrogen-bond donors (Lipinski definition) is 1. The van der Waals surface area contributed by atoms with Gasteiger partial charge in [0.25, 0.3) is 0 Å². The third-order valence-corrected chi connectivity index (χ3v) is 6.42. The highest BCUT2D eigenvalue weighted by Gasteiger charge is 2.59. The summed E-state index contributed by atoms with van der Waals surface area (Å²) in [5.74, 6) is -8.42. The zero-order valence-corrected chi connectivity index (χ0v) is 17.1. The fourth-order valence-electron chi connectivity index (χ4n) is 2.75. The van der Waals surface area contributed by atoms with Crippen molar-refractivity contribution in [3.63, 3.8) is 0 Å². The molecule has 0 spiro atoms. The van der Waals surface area contributed by atoms with Crippen LogP contribution in [0.5, 0.6) is 0 Å². The first-order valence-electron chi connectivity index (χ1n) is 8.71. The molecule has 0 fully saturated rings. The predicted molar refractivity (Wildman–Crippen MR) is 100 cm³/mol. The van der Waals surface area contributed by atoms with Crippen LogP contribution in [0.3, 0.4) is 0 Å². The number of carbonyl (C=O) groups excluding carboxylic acids is 1. The predicted octanol–water partition coefficient (Wildman–Crippen LogP) is 4.37. The van der Waals surface area contributed by atoms with Crippen molar-refractivity contribution in [2.45, 2.75) is 35.9 Å². The minimum Gasteiger partial charge on any atom is -0.381 e. The van der Waals surface area contributed by atoms with Crippen LogP contribution in [0.15, 0.2) is 47.4 Å². The summed E-state index contributed by atoms with van der Waals surface area (Å²) in [4.78, 5) is 14.7. The van der Waals surface area contributed by atoms with Gasteiger partial charge in [-0.1, -0.05) is 18.2 Å². The number of hydrogen-bond acceptors (Lipinski definition) is 4. The van der Waals surface area contributed by atoms with E-state index in [1.54, 1.807) is 0 Å². The highest BCUT2D eigenvalue weighted by Crippen LogP contribution is 2.47. The van der Waals surface area contributed by atoms with E-state index in [4.69, 9.17) is 6.57 Å². The summed E-state index contributed by atoms with van der Waals surface area (Å²) >= 11 is 0. The van der Waals surface area contributed by atoms with Gasteiger partial charge in [0.15, 0.2) is 21.3 Å².